The van der Waals surface area contributed by atoms with Gasteiger partial charge in [-0.25, -0.2) is 0 Å². The molecule has 1 aliphatic rings. The summed E-state index contributed by atoms with van der Waals surface area (Å²) in [5.41, 5.74) is 7.89. The average Bonchev–Trinajstić information content (AvgIpc) is 2.40. The quantitative estimate of drug-likeness (QED) is 0.822. The van der Waals surface area contributed by atoms with E-state index in [1.165, 1.54) is 29.3 Å². The minimum Gasteiger partial charge on any atom is -0.330 e. The van der Waals surface area contributed by atoms with Crippen LogP contribution in [0.15, 0.2) is 28.7 Å². The van der Waals surface area contributed by atoms with Gasteiger partial charge in [-0.1, -0.05) is 54.9 Å². The summed E-state index contributed by atoms with van der Waals surface area (Å²) in [5.74, 6) is 2.26. The van der Waals surface area contributed by atoms with Crippen molar-refractivity contribution in [3.05, 3.63) is 34.3 Å². The van der Waals surface area contributed by atoms with Gasteiger partial charge in [0.1, 0.15) is 0 Å². The molecule has 0 spiro atoms. The number of benzene rings is 1. The van der Waals surface area contributed by atoms with Crippen LogP contribution in [-0.2, 0) is 6.42 Å². The van der Waals surface area contributed by atoms with Gasteiger partial charge in [0.05, 0.1) is 0 Å². The Kier molecular flexibility index (Phi) is 5.30. The van der Waals surface area contributed by atoms with E-state index in [4.69, 9.17) is 5.73 Å². The Morgan fingerprint density at radius 3 is 2.45 bits per heavy atom. The Balaban J connectivity index is 2.12. The van der Waals surface area contributed by atoms with Crippen LogP contribution in [0, 0.1) is 23.2 Å². The molecule has 112 valence electrons. The molecule has 1 aromatic carbocycles. The number of rotatable bonds is 3. The second-order valence-corrected chi connectivity index (χ2v) is 8.28. The lowest BCUT2D eigenvalue weighted by atomic mass is 9.64. The lowest BCUT2D eigenvalue weighted by molar-refractivity contribution is 0.101. The molecule has 1 nitrogen and oxygen atoms in total. The van der Waals surface area contributed by atoms with E-state index in [1.54, 1.807) is 0 Å². The predicted octanol–water partition coefficient (Wildman–Crippen LogP) is 5.03. The van der Waals surface area contributed by atoms with Gasteiger partial charge in [-0.2, -0.15) is 0 Å². The van der Waals surface area contributed by atoms with Crippen LogP contribution in [0.25, 0.3) is 0 Å². The van der Waals surface area contributed by atoms with Crippen molar-refractivity contribution in [1.82, 2.24) is 0 Å². The summed E-state index contributed by atoms with van der Waals surface area (Å²) in [4.78, 5) is 0. The van der Waals surface area contributed by atoms with Crippen LogP contribution in [0.4, 0.5) is 0 Å². The normalized spacial score (nSPS) is 27.6. The van der Waals surface area contributed by atoms with Crippen LogP contribution in [0.2, 0.25) is 0 Å². The first-order valence-corrected chi connectivity index (χ1v) is 8.64. The summed E-state index contributed by atoms with van der Waals surface area (Å²) in [6.07, 6.45) is 5.13. The van der Waals surface area contributed by atoms with Gasteiger partial charge in [0, 0.05) is 4.47 Å². The molecule has 1 aliphatic carbocycles. The van der Waals surface area contributed by atoms with Crippen LogP contribution in [0.3, 0.4) is 0 Å². The van der Waals surface area contributed by atoms with Crippen LogP contribution < -0.4 is 5.73 Å². The lowest BCUT2D eigenvalue weighted by Crippen LogP contribution is -2.36. The van der Waals surface area contributed by atoms with Crippen LogP contribution in [0.5, 0.6) is 0 Å². The molecule has 1 fully saturated rings. The second-order valence-electron chi connectivity index (χ2n) is 7.43. The first-order valence-electron chi connectivity index (χ1n) is 7.85. The first kappa shape index (κ1) is 16.0. The minimum absolute atomic E-state index is 0.422. The molecule has 2 N–H and O–H groups in total. The van der Waals surface area contributed by atoms with Crippen LogP contribution in [0.1, 0.15) is 45.6 Å². The molecule has 1 aromatic rings. The zero-order valence-corrected chi connectivity index (χ0v) is 14.6. The number of halogens is 1. The van der Waals surface area contributed by atoms with Gasteiger partial charge >= 0.3 is 0 Å². The molecule has 20 heavy (non-hydrogen) atoms. The van der Waals surface area contributed by atoms with E-state index in [9.17, 15) is 0 Å². The highest BCUT2D eigenvalue weighted by Gasteiger charge is 2.35. The van der Waals surface area contributed by atoms with Crippen molar-refractivity contribution >= 4 is 15.9 Å². The number of nitrogens with two attached hydrogens (primary N) is 1. The molecule has 2 heteroatoms. The molecule has 2 rings (SSSR count). The van der Waals surface area contributed by atoms with Gasteiger partial charge in [0.15, 0.2) is 0 Å². The molecule has 3 atom stereocenters. The van der Waals surface area contributed by atoms with E-state index >= 15 is 0 Å². The van der Waals surface area contributed by atoms with Crippen LogP contribution >= 0.6 is 15.9 Å². The summed E-state index contributed by atoms with van der Waals surface area (Å²) in [6.45, 7) is 7.99. The Morgan fingerprint density at radius 2 is 1.85 bits per heavy atom. The standard InChI is InChI=1S/C18H28BrN/c1-18(2,3)16-9-8-14(12-20)15(11-16)10-13-6-4-5-7-17(13)19/h4-7,14-16H,8-12,20H2,1-3H3. The largest absolute Gasteiger partial charge is 0.330 e. The molecule has 0 amide bonds. The molecule has 0 bridgehead atoms. The SMILES string of the molecule is CC(C)(C)C1CCC(CN)C(Cc2ccccc2Br)C1. The molecule has 1 saturated carbocycles. The van der Waals surface area contributed by atoms with Gasteiger partial charge < -0.3 is 5.73 Å². The topological polar surface area (TPSA) is 26.0 Å². The van der Waals surface area contributed by atoms with Crippen molar-refractivity contribution < 1.29 is 0 Å². The zero-order valence-electron chi connectivity index (χ0n) is 13.0. The van der Waals surface area contributed by atoms with Crippen LogP contribution in [-0.4, -0.2) is 6.54 Å². The maximum atomic E-state index is 6.03. The van der Waals surface area contributed by atoms with Crippen molar-refractivity contribution in [3.8, 4) is 0 Å². The highest BCUT2D eigenvalue weighted by Crippen LogP contribution is 2.43. The fourth-order valence-electron chi connectivity index (χ4n) is 3.62. The Hall–Kier alpha value is -0.340. The third-order valence-electron chi connectivity index (χ3n) is 5.11. The summed E-state index contributed by atoms with van der Waals surface area (Å²) in [7, 11) is 0. The van der Waals surface area contributed by atoms with Gasteiger partial charge in [0.25, 0.3) is 0 Å². The molecule has 0 aliphatic heterocycles. The maximum Gasteiger partial charge on any atom is 0.0207 e. The summed E-state index contributed by atoms with van der Waals surface area (Å²) < 4.78 is 1.24. The molecule has 0 saturated heterocycles. The van der Waals surface area contributed by atoms with E-state index in [2.05, 4.69) is 61.0 Å². The summed E-state index contributed by atoms with van der Waals surface area (Å²) in [6, 6.07) is 8.63. The average molecular weight is 338 g/mol. The van der Waals surface area contributed by atoms with E-state index < -0.39 is 0 Å². The van der Waals surface area contributed by atoms with E-state index in [-0.39, 0.29) is 0 Å². The minimum atomic E-state index is 0.422. The van der Waals surface area contributed by atoms with Crippen molar-refractivity contribution in [3.63, 3.8) is 0 Å². The second kappa shape index (κ2) is 6.62. The molecule has 0 heterocycles. The highest BCUT2D eigenvalue weighted by molar-refractivity contribution is 9.10. The molecular weight excluding hydrogens is 310 g/mol. The van der Waals surface area contributed by atoms with Gasteiger partial charge in [-0.05, 0) is 67.0 Å². The van der Waals surface area contributed by atoms with E-state index in [0.717, 1.165) is 24.8 Å². The fourth-order valence-corrected chi connectivity index (χ4v) is 4.07. The monoisotopic (exact) mass is 337 g/mol. The Morgan fingerprint density at radius 1 is 1.15 bits per heavy atom. The fraction of sp³-hybridized carbons (Fsp3) is 0.667. The Bertz CT molecular complexity index is 435. The third-order valence-corrected chi connectivity index (χ3v) is 5.88. The third kappa shape index (κ3) is 3.85. The first-order chi connectivity index (χ1) is 9.41. The van der Waals surface area contributed by atoms with Gasteiger partial charge in [0.2, 0.25) is 0 Å². The van der Waals surface area contributed by atoms with Crippen molar-refractivity contribution in [1.29, 1.82) is 0 Å². The predicted molar refractivity (Wildman–Crippen MR) is 90.7 cm³/mol. The summed E-state index contributed by atoms with van der Waals surface area (Å²) in [5, 5.41) is 0. The van der Waals surface area contributed by atoms with E-state index in [0.29, 0.717) is 11.3 Å². The molecule has 0 radical (unpaired) electrons. The molecule has 3 unspecified atom stereocenters. The van der Waals surface area contributed by atoms with E-state index in [1.807, 2.05) is 0 Å². The Labute approximate surface area is 132 Å². The van der Waals surface area contributed by atoms with Crippen molar-refractivity contribution in [2.75, 3.05) is 6.54 Å². The molecule has 0 aromatic heterocycles. The number of hydrogen-bond acceptors (Lipinski definition) is 1. The summed E-state index contributed by atoms with van der Waals surface area (Å²) >= 11 is 3.69. The number of hydrogen-bond donors (Lipinski definition) is 1. The smallest absolute Gasteiger partial charge is 0.0207 e. The van der Waals surface area contributed by atoms with Gasteiger partial charge in [-0.15, -0.1) is 0 Å². The molecular formula is C18H28BrN. The lowest BCUT2D eigenvalue weighted by Gasteiger charge is -2.42. The van der Waals surface area contributed by atoms with Crippen molar-refractivity contribution in [2.24, 2.45) is 28.9 Å². The maximum absolute atomic E-state index is 6.03. The van der Waals surface area contributed by atoms with Crippen molar-refractivity contribution in [2.45, 2.75) is 46.5 Å². The zero-order chi connectivity index (χ0) is 14.8. The van der Waals surface area contributed by atoms with Gasteiger partial charge in [-0.3, -0.25) is 0 Å². The highest BCUT2D eigenvalue weighted by atomic mass is 79.9.